The number of hydrogen-bond donors (Lipinski definition) is 2. The van der Waals surface area contributed by atoms with E-state index in [4.69, 9.17) is 23.7 Å². The fraction of sp³-hybridized carbons (Fsp3) is 1.00. The molecule has 0 spiro atoms. The predicted octanol–water partition coefficient (Wildman–Crippen LogP) is 0.997. The third kappa shape index (κ3) is 20.1. The van der Waals surface area contributed by atoms with E-state index in [0.717, 1.165) is 19.7 Å². The number of rotatable bonds is 18. The molecule has 0 aliphatic heterocycles. The van der Waals surface area contributed by atoms with Gasteiger partial charge in [-0.25, -0.2) is 0 Å². The Bertz CT molecular complexity index is 210. The standard InChI is InChI=1S/C15H33NO5S/c1-3-16-4-5-17-6-7-18-8-9-19-10-11-20-12-13-21-14-15(2)22/h15-16,22H,3-14H2,1-2H3. The number of hydrogen-bond acceptors (Lipinski definition) is 7. The molecule has 0 saturated carbocycles. The van der Waals surface area contributed by atoms with Gasteiger partial charge in [0.05, 0.1) is 66.1 Å². The van der Waals surface area contributed by atoms with E-state index < -0.39 is 0 Å². The summed E-state index contributed by atoms with van der Waals surface area (Å²) in [7, 11) is 0. The third-order valence-corrected chi connectivity index (χ3v) is 2.67. The summed E-state index contributed by atoms with van der Waals surface area (Å²) in [4.78, 5) is 0. The van der Waals surface area contributed by atoms with Crippen LogP contribution in [0.15, 0.2) is 0 Å². The highest BCUT2D eigenvalue weighted by Crippen LogP contribution is 1.92. The Balaban J connectivity index is 2.94. The van der Waals surface area contributed by atoms with Gasteiger partial charge in [0.1, 0.15) is 0 Å². The minimum absolute atomic E-state index is 0.266. The predicted molar refractivity (Wildman–Crippen MR) is 91.1 cm³/mol. The SMILES string of the molecule is CCNCCOCCOCCOCCOCCOCC(C)S. The molecule has 6 nitrogen and oxygen atoms in total. The van der Waals surface area contributed by atoms with Crippen LogP contribution in [0.5, 0.6) is 0 Å². The van der Waals surface area contributed by atoms with Gasteiger partial charge in [0.15, 0.2) is 0 Å². The highest BCUT2D eigenvalue weighted by Gasteiger charge is 1.95. The first-order valence-electron chi connectivity index (χ1n) is 8.04. The summed E-state index contributed by atoms with van der Waals surface area (Å²) in [6.07, 6.45) is 0. The van der Waals surface area contributed by atoms with Crippen LogP contribution in [-0.2, 0) is 23.7 Å². The molecule has 0 bridgehead atoms. The van der Waals surface area contributed by atoms with Crippen molar-refractivity contribution in [1.82, 2.24) is 5.32 Å². The molecule has 22 heavy (non-hydrogen) atoms. The topological polar surface area (TPSA) is 58.2 Å². The van der Waals surface area contributed by atoms with Crippen molar-refractivity contribution in [2.45, 2.75) is 19.1 Å². The van der Waals surface area contributed by atoms with Crippen LogP contribution in [-0.4, -0.2) is 84.4 Å². The van der Waals surface area contributed by atoms with Gasteiger partial charge in [0.2, 0.25) is 0 Å². The summed E-state index contributed by atoms with van der Waals surface area (Å²) in [6, 6.07) is 0. The monoisotopic (exact) mass is 339 g/mol. The molecule has 0 heterocycles. The Hall–Kier alpha value is 0.110. The summed E-state index contributed by atoms with van der Waals surface area (Å²) in [6.45, 7) is 12.0. The molecule has 0 radical (unpaired) electrons. The van der Waals surface area contributed by atoms with Crippen molar-refractivity contribution >= 4 is 12.6 Å². The first-order valence-corrected chi connectivity index (χ1v) is 8.56. The van der Waals surface area contributed by atoms with Crippen molar-refractivity contribution < 1.29 is 23.7 Å². The maximum atomic E-state index is 5.38. The maximum absolute atomic E-state index is 5.38. The lowest BCUT2D eigenvalue weighted by Gasteiger charge is -2.08. The number of ether oxygens (including phenoxy) is 5. The summed E-state index contributed by atoms with van der Waals surface area (Å²) in [5, 5.41) is 3.46. The Kier molecular flexibility index (Phi) is 19.3. The highest BCUT2D eigenvalue weighted by atomic mass is 32.1. The largest absolute Gasteiger partial charge is 0.378 e. The van der Waals surface area contributed by atoms with E-state index in [-0.39, 0.29) is 5.25 Å². The van der Waals surface area contributed by atoms with Crippen LogP contribution in [0.3, 0.4) is 0 Å². The summed E-state index contributed by atoms with van der Waals surface area (Å²) in [5.41, 5.74) is 0. The number of nitrogens with one attached hydrogen (secondary N) is 1. The van der Waals surface area contributed by atoms with Crippen molar-refractivity contribution in [2.24, 2.45) is 0 Å². The Morgan fingerprint density at radius 3 is 1.55 bits per heavy atom. The normalized spacial score (nSPS) is 12.7. The molecule has 1 unspecified atom stereocenters. The molecule has 134 valence electrons. The summed E-state index contributed by atoms with van der Waals surface area (Å²) in [5.74, 6) is 0. The molecule has 0 aromatic carbocycles. The molecule has 0 fully saturated rings. The molecule has 1 N–H and O–H groups in total. The minimum Gasteiger partial charge on any atom is -0.378 e. The lowest BCUT2D eigenvalue weighted by molar-refractivity contribution is -0.0105. The quantitative estimate of drug-likeness (QED) is 0.287. The van der Waals surface area contributed by atoms with Crippen molar-refractivity contribution in [3.63, 3.8) is 0 Å². The third-order valence-electron chi connectivity index (χ3n) is 2.52. The van der Waals surface area contributed by atoms with Crippen molar-refractivity contribution in [1.29, 1.82) is 0 Å². The second-order valence-electron chi connectivity index (χ2n) is 4.73. The van der Waals surface area contributed by atoms with Gasteiger partial charge in [0.25, 0.3) is 0 Å². The summed E-state index contributed by atoms with van der Waals surface area (Å²) >= 11 is 4.22. The molecular weight excluding hydrogens is 306 g/mol. The van der Waals surface area contributed by atoms with Crippen LogP contribution in [0.1, 0.15) is 13.8 Å². The van der Waals surface area contributed by atoms with Crippen LogP contribution < -0.4 is 5.32 Å². The first kappa shape index (κ1) is 22.1. The smallest absolute Gasteiger partial charge is 0.0701 e. The Labute approximate surface area is 140 Å². The lowest BCUT2D eigenvalue weighted by atomic mass is 10.5. The van der Waals surface area contributed by atoms with Crippen LogP contribution >= 0.6 is 12.6 Å². The molecule has 0 amide bonds. The van der Waals surface area contributed by atoms with Gasteiger partial charge in [-0.05, 0) is 6.54 Å². The second kappa shape index (κ2) is 19.2. The maximum Gasteiger partial charge on any atom is 0.0701 e. The molecule has 1 atom stereocenters. The number of thiol groups is 1. The van der Waals surface area contributed by atoms with Crippen LogP contribution in [0.25, 0.3) is 0 Å². The van der Waals surface area contributed by atoms with Gasteiger partial charge in [-0.2, -0.15) is 12.6 Å². The Morgan fingerprint density at radius 1 is 0.727 bits per heavy atom. The Morgan fingerprint density at radius 2 is 1.14 bits per heavy atom. The van der Waals surface area contributed by atoms with E-state index in [9.17, 15) is 0 Å². The first-order chi connectivity index (χ1) is 10.8. The zero-order valence-electron chi connectivity index (χ0n) is 14.1. The van der Waals surface area contributed by atoms with E-state index in [0.29, 0.717) is 59.5 Å². The van der Waals surface area contributed by atoms with Gasteiger partial charge < -0.3 is 29.0 Å². The van der Waals surface area contributed by atoms with E-state index >= 15 is 0 Å². The van der Waals surface area contributed by atoms with Gasteiger partial charge in [-0.15, -0.1) is 0 Å². The molecule has 0 aliphatic carbocycles. The fourth-order valence-corrected chi connectivity index (χ4v) is 1.56. The fourth-order valence-electron chi connectivity index (χ4n) is 1.45. The van der Waals surface area contributed by atoms with Crippen molar-refractivity contribution in [3.05, 3.63) is 0 Å². The average Bonchev–Trinajstić information content (AvgIpc) is 2.50. The molecule has 0 aliphatic rings. The van der Waals surface area contributed by atoms with Crippen LogP contribution in [0, 0.1) is 0 Å². The van der Waals surface area contributed by atoms with Crippen molar-refractivity contribution in [3.8, 4) is 0 Å². The van der Waals surface area contributed by atoms with Gasteiger partial charge in [0, 0.05) is 11.8 Å². The number of likely N-dealkylation sites (N-methyl/N-ethyl adjacent to an activating group) is 1. The molecular formula is C15H33NO5S. The minimum atomic E-state index is 0.266. The zero-order valence-corrected chi connectivity index (χ0v) is 14.9. The second-order valence-corrected chi connectivity index (χ2v) is 5.61. The molecule has 7 heteroatoms. The highest BCUT2D eigenvalue weighted by molar-refractivity contribution is 7.80. The van der Waals surface area contributed by atoms with Crippen LogP contribution in [0.2, 0.25) is 0 Å². The molecule has 0 saturated heterocycles. The van der Waals surface area contributed by atoms with Gasteiger partial charge >= 0.3 is 0 Å². The van der Waals surface area contributed by atoms with E-state index in [2.05, 4.69) is 24.9 Å². The van der Waals surface area contributed by atoms with E-state index in [1.54, 1.807) is 0 Å². The van der Waals surface area contributed by atoms with E-state index in [1.807, 2.05) is 6.92 Å². The van der Waals surface area contributed by atoms with Gasteiger partial charge in [-0.3, -0.25) is 0 Å². The van der Waals surface area contributed by atoms with E-state index in [1.165, 1.54) is 0 Å². The molecule has 0 rings (SSSR count). The van der Waals surface area contributed by atoms with Gasteiger partial charge in [-0.1, -0.05) is 13.8 Å². The van der Waals surface area contributed by atoms with Crippen LogP contribution in [0.4, 0.5) is 0 Å². The average molecular weight is 339 g/mol. The zero-order chi connectivity index (χ0) is 16.3. The molecule has 0 aromatic rings. The van der Waals surface area contributed by atoms with Crippen molar-refractivity contribution in [2.75, 3.05) is 79.2 Å². The lowest BCUT2D eigenvalue weighted by Crippen LogP contribution is -2.20. The molecule has 0 aromatic heterocycles. The summed E-state index contributed by atoms with van der Waals surface area (Å²) < 4.78 is 26.8.